The van der Waals surface area contributed by atoms with Crippen molar-refractivity contribution < 1.29 is 23.9 Å². The smallest absolute Gasteiger partial charge is 0.314 e. The fourth-order valence-corrected chi connectivity index (χ4v) is 5.13. The number of benzene rings is 3. The molecule has 0 saturated carbocycles. The van der Waals surface area contributed by atoms with E-state index in [0.29, 0.717) is 29.4 Å². The summed E-state index contributed by atoms with van der Waals surface area (Å²) in [7, 11) is 0. The second-order valence-electron chi connectivity index (χ2n) is 10.6. The Morgan fingerprint density at radius 3 is 2.27 bits per heavy atom. The fourth-order valence-electron chi connectivity index (χ4n) is 5.00. The number of hydrogen-bond donors (Lipinski definition) is 0. The van der Waals surface area contributed by atoms with Gasteiger partial charge in [0.1, 0.15) is 12.4 Å². The summed E-state index contributed by atoms with van der Waals surface area (Å²) in [5.74, 6) is 0.00638. The molecule has 0 N–H and O–H groups in total. The van der Waals surface area contributed by atoms with E-state index in [-0.39, 0.29) is 36.5 Å². The summed E-state index contributed by atoms with van der Waals surface area (Å²) in [5, 5.41) is 0.598. The Kier molecular flexibility index (Phi) is 8.84. The van der Waals surface area contributed by atoms with E-state index < -0.39 is 5.41 Å². The highest BCUT2D eigenvalue weighted by Crippen LogP contribution is 2.43. The predicted molar refractivity (Wildman–Crippen MR) is 157 cm³/mol. The summed E-state index contributed by atoms with van der Waals surface area (Å²) in [6, 6.07) is 21.4. The molecule has 0 spiro atoms. The highest BCUT2D eigenvalue weighted by atomic mass is 35.5. The van der Waals surface area contributed by atoms with E-state index in [1.807, 2.05) is 43.3 Å². The fraction of sp³-hybridized carbons (Fsp3) is 0.344. The predicted octanol–water partition coefficient (Wildman–Crippen LogP) is 6.84. The molecule has 1 heterocycles. The summed E-state index contributed by atoms with van der Waals surface area (Å²) >= 11 is 6.10. The summed E-state index contributed by atoms with van der Waals surface area (Å²) in [4.78, 5) is 42.4. The van der Waals surface area contributed by atoms with Gasteiger partial charge in [0.2, 0.25) is 5.91 Å². The third-order valence-corrected chi connectivity index (χ3v) is 7.32. The van der Waals surface area contributed by atoms with Gasteiger partial charge in [-0.1, -0.05) is 29.8 Å². The van der Waals surface area contributed by atoms with Gasteiger partial charge in [0, 0.05) is 34.9 Å². The lowest BCUT2D eigenvalue weighted by Crippen LogP contribution is -2.47. The van der Waals surface area contributed by atoms with Crippen molar-refractivity contribution in [1.82, 2.24) is 0 Å². The topological polar surface area (TPSA) is 76.2 Å². The number of rotatable bonds is 8. The van der Waals surface area contributed by atoms with Crippen LogP contribution in [0.25, 0.3) is 0 Å². The van der Waals surface area contributed by atoms with Crippen molar-refractivity contribution in [1.29, 1.82) is 0 Å². The van der Waals surface area contributed by atoms with E-state index in [1.165, 1.54) is 0 Å². The van der Waals surface area contributed by atoms with Crippen LogP contribution in [0.5, 0.6) is 5.75 Å². The number of anilines is 2. The van der Waals surface area contributed by atoms with Crippen molar-refractivity contribution in [3.8, 4) is 5.75 Å². The van der Waals surface area contributed by atoms with Crippen molar-refractivity contribution in [2.45, 2.75) is 53.1 Å². The minimum atomic E-state index is -0.798. The summed E-state index contributed by atoms with van der Waals surface area (Å²) in [6.45, 7) is 9.32. The highest BCUT2D eigenvalue weighted by Gasteiger charge is 2.38. The van der Waals surface area contributed by atoms with E-state index in [1.54, 1.807) is 73.9 Å². The van der Waals surface area contributed by atoms with Gasteiger partial charge in [0.25, 0.3) is 5.91 Å². The van der Waals surface area contributed by atoms with Crippen LogP contribution >= 0.6 is 11.6 Å². The quantitative estimate of drug-likeness (QED) is 0.281. The molecule has 0 fully saturated rings. The third kappa shape index (κ3) is 6.15. The number of nitrogens with zero attached hydrogens (tertiary/aromatic N) is 2. The number of hydrogen-bond acceptors (Lipinski definition) is 5. The van der Waals surface area contributed by atoms with Crippen LogP contribution in [0.1, 0.15) is 63.0 Å². The summed E-state index contributed by atoms with van der Waals surface area (Å²) < 4.78 is 11.0. The van der Waals surface area contributed by atoms with Crippen LogP contribution in [0.2, 0.25) is 5.02 Å². The molecule has 0 saturated heterocycles. The molecule has 0 aliphatic carbocycles. The Hall–Kier alpha value is -3.84. The Labute approximate surface area is 240 Å². The number of carbonyl (C=O) groups excluding carboxylic acids is 3. The molecule has 1 aliphatic rings. The van der Waals surface area contributed by atoms with Gasteiger partial charge >= 0.3 is 5.97 Å². The molecule has 2 atom stereocenters. The van der Waals surface area contributed by atoms with Gasteiger partial charge in [0.05, 0.1) is 18.1 Å². The Bertz CT molecular complexity index is 1370. The highest BCUT2D eigenvalue weighted by molar-refractivity contribution is 6.30. The molecular formula is C32H35ClN2O5. The number of amides is 2. The largest absolute Gasteiger partial charge is 0.492 e. The van der Waals surface area contributed by atoms with Crippen LogP contribution in [0, 0.1) is 5.41 Å². The molecule has 3 aromatic rings. The average molecular weight is 563 g/mol. The Morgan fingerprint density at radius 2 is 1.65 bits per heavy atom. The second-order valence-corrected chi connectivity index (χ2v) is 11.1. The van der Waals surface area contributed by atoms with Crippen LogP contribution < -0.4 is 14.5 Å². The van der Waals surface area contributed by atoms with Crippen LogP contribution in [-0.4, -0.2) is 37.0 Å². The maximum atomic E-state index is 13.8. The lowest BCUT2D eigenvalue weighted by molar-refractivity contribution is -0.155. The molecule has 3 aromatic carbocycles. The van der Waals surface area contributed by atoms with Gasteiger partial charge in [-0.05, 0) is 94.3 Å². The maximum Gasteiger partial charge on any atom is 0.314 e. The van der Waals surface area contributed by atoms with Crippen LogP contribution in [0.3, 0.4) is 0 Å². The Balaban J connectivity index is 1.57. The van der Waals surface area contributed by atoms with Crippen LogP contribution in [-0.2, 0) is 14.3 Å². The van der Waals surface area contributed by atoms with E-state index in [0.717, 1.165) is 16.9 Å². The van der Waals surface area contributed by atoms with Gasteiger partial charge in [-0.25, -0.2) is 0 Å². The van der Waals surface area contributed by atoms with Crippen molar-refractivity contribution in [2.24, 2.45) is 5.41 Å². The number of fused-ring (bicyclic) bond motifs is 1. The van der Waals surface area contributed by atoms with Crippen molar-refractivity contribution in [3.63, 3.8) is 0 Å². The molecule has 40 heavy (non-hydrogen) atoms. The molecule has 4 rings (SSSR count). The summed E-state index contributed by atoms with van der Waals surface area (Å²) in [5.41, 5.74) is 2.14. The molecule has 7 nitrogen and oxygen atoms in total. The minimum Gasteiger partial charge on any atom is -0.492 e. The number of esters is 1. The number of ether oxygens (including phenoxy) is 2. The van der Waals surface area contributed by atoms with E-state index >= 15 is 0 Å². The number of carbonyl (C=O) groups is 3. The monoisotopic (exact) mass is 562 g/mol. The van der Waals surface area contributed by atoms with Crippen LogP contribution in [0.15, 0.2) is 72.8 Å². The maximum absolute atomic E-state index is 13.8. The molecule has 0 bridgehead atoms. The van der Waals surface area contributed by atoms with Gasteiger partial charge in [-0.2, -0.15) is 0 Å². The molecule has 0 unspecified atom stereocenters. The van der Waals surface area contributed by atoms with E-state index in [9.17, 15) is 14.4 Å². The standard InChI is InChI=1S/C32H35ClN2O5/c1-6-39-31(38)32(4,5)20-40-26-17-11-23(12-18-26)30(37)34-21(2)19-29(27-9-7-8-10-28(27)34)35(22(3)36)25-15-13-24(33)14-16-25/h7-18,21,29H,6,19-20H2,1-5H3/t21-,29+/m0/s1. The van der Waals surface area contributed by atoms with Crippen LogP contribution in [0.4, 0.5) is 11.4 Å². The van der Waals surface area contributed by atoms with Gasteiger partial charge < -0.3 is 19.3 Å². The molecule has 8 heteroatoms. The first-order valence-electron chi connectivity index (χ1n) is 13.4. The molecule has 0 aromatic heterocycles. The normalized spacial score (nSPS) is 16.6. The summed E-state index contributed by atoms with van der Waals surface area (Å²) in [6.07, 6.45) is 0.565. The van der Waals surface area contributed by atoms with Gasteiger partial charge in [0.15, 0.2) is 0 Å². The zero-order valence-electron chi connectivity index (χ0n) is 23.5. The second kappa shape index (κ2) is 12.1. The Morgan fingerprint density at radius 1 is 1.00 bits per heavy atom. The first kappa shape index (κ1) is 29.2. The zero-order chi connectivity index (χ0) is 29.0. The molecule has 1 aliphatic heterocycles. The van der Waals surface area contributed by atoms with E-state index in [2.05, 4.69) is 0 Å². The van der Waals surface area contributed by atoms with Crippen molar-refractivity contribution in [2.75, 3.05) is 23.0 Å². The third-order valence-electron chi connectivity index (χ3n) is 7.06. The van der Waals surface area contributed by atoms with E-state index in [4.69, 9.17) is 21.1 Å². The lowest BCUT2D eigenvalue weighted by Gasteiger charge is -2.43. The SMILES string of the molecule is CCOC(=O)C(C)(C)COc1ccc(C(=O)N2c3ccccc3[C@H](N(C(C)=O)c3ccc(Cl)cc3)C[C@@H]2C)cc1. The minimum absolute atomic E-state index is 0.0872. The average Bonchev–Trinajstić information content (AvgIpc) is 2.93. The zero-order valence-corrected chi connectivity index (χ0v) is 24.3. The molecule has 2 amide bonds. The molecule has 210 valence electrons. The molecular weight excluding hydrogens is 528 g/mol. The molecule has 0 radical (unpaired) electrons. The van der Waals surface area contributed by atoms with Crippen molar-refractivity contribution in [3.05, 3.63) is 88.9 Å². The number of halogens is 1. The number of para-hydroxylation sites is 1. The van der Waals surface area contributed by atoms with Gasteiger partial charge in [-0.15, -0.1) is 0 Å². The first-order chi connectivity index (χ1) is 19.0. The van der Waals surface area contributed by atoms with Crippen molar-refractivity contribution >= 4 is 40.8 Å². The van der Waals surface area contributed by atoms with Gasteiger partial charge in [-0.3, -0.25) is 14.4 Å². The first-order valence-corrected chi connectivity index (χ1v) is 13.8. The lowest BCUT2D eigenvalue weighted by atomic mass is 9.89.